The fraction of sp³-hybridized carbons (Fsp3) is 0.0667. The van der Waals surface area contributed by atoms with E-state index in [9.17, 15) is 4.39 Å². The highest BCUT2D eigenvalue weighted by molar-refractivity contribution is 9.10. The Morgan fingerprint density at radius 3 is 2.65 bits per heavy atom. The molecule has 0 aliphatic carbocycles. The molecule has 0 saturated carbocycles. The quantitative estimate of drug-likeness (QED) is 0.544. The molecule has 1 atom stereocenters. The minimum Gasteiger partial charge on any atom is -0.271 e. The Hall–Kier alpha value is -1.27. The highest BCUT2D eigenvalue weighted by Crippen LogP contribution is 2.34. The second-order valence-electron chi connectivity index (χ2n) is 4.43. The third kappa shape index (κ3) is 2.27. The maximum Gasteiger partial charge on any atom is 0.142 e. The van der Waals surface area contributed by atoms with Crippen LogP contribution in [0.3, 0.4) is 0 Å². The Kier molecular flexibility index (Phi) is 3.85. The van der Waals surface area contributed by atoms with Crippen molar-refractivity contribution < 1.29 is 4.39 Å². The van der Waals surface area contributed by atoms with Crippen LogP contribution in [0.25, 0.3) is 10.1 Å². The van der Waals surface area contributed by atoms with Gasteiger partial charge in [0.2, 0.25) is 0 Å². The van der Waals surface area contributed by atoms with Crippen molar-refractivity contribution >= 4 is 37.4 Å². The number of nitrogens with one attached hydrogen (secondary N) is 1. The topological polar surface area (TPSA) is 38.0 Å². The minimum atomic E-state index is -0.380. The van der Waals surface area contributed by atoms with Gasteiger partial charge >= 0.3 is 0 Å². The van der Waals surface area contributed by atoms with Crippen molar-refractivity contribution in [2.24, 2.45) is 5.84 Å². The highest BCUT2D eigenvalue weighted by atomic mass is 79.9. The van der Waals surface area contributed by atoms with E-state index in [4.69, 9.17) is 5.84 Å². The Labute approximate surface area is 128 Å². The van der Waals surface area contributed by atoms with Gasteiger partial charge in [0.05, 0.1) is 10.5 Å². The van der Waals surface area contributed by atoms with Crippen LogP contribution in [0, 0.1) is 5.82 Å². The molecule has 3 N–H and O–H groups in total. The summed E-state index contributed by atoms with van der Waals surface area (Å²) in [6, 6.07) is 12.9. The van der Waals surface area contributed by atoms with Crippen molar-refractivity contribution in [3.63, 3.8) is 0 Å². The van der Waals surface area contributed by atoms with E-state index >= 15 is 0 Å². The van der Waals surface area contributed by atoms with Crippen LogP contribution >= 0.6 is 27.3 Å². The van der Waals surface area contributed by atoms with Crippen molar-refractivity contribution in [2.75, 3.05) is 0 Å². The summed E-state index contributed by atoms with van der Waals surface area (Å²) in [5.74, 6) is 5.40. The normalized spacial score (nSPS) is 12.8. The van der Waals surface area contributed by atoms with E-state index < -0.39 is 0 Å². The van der Waals surface area contributed by atoms with Gasteiger partial charge in [0, 0.05) is 10.3 Å². The second-order valence-corrected chi connectivity index (χ2v) is 6.20. The van der Waals surface area contributed by atoms with Crippen molar-refractivity contribution in [3.8, 4) is 0 Å². The molecule has 0 bridgehead atoms. The number of fused-ring (bicyclic) bond motifs is 1. The molecule has 1 aromatic heterocycles. The molecule has 2 aromatic carbocycles. The molecule has 20 heavy (non-hydrogen) atoms. The average Bonchev–Trinajstić information content (AvgIpc) is 2.93. The van der Waals surface area contributed by atoms with Crippen molar-refractivity contribution in [1.82, 2.24) is 5.43 Å². The largest absolute Gasteiger partial charge is 0.271 e. The van der Waals surface area contributed by atoms with E-state index in [1.165, 1.54) is 0 Å². The van der Waals surface area contributed by atoms with Crippen molar-refractivity contribution in [3.05, 3.63) is 69.3 Å². The lowest BCUT2D eigenvalue weighted by Gasteiger charge is -2.19. The van der Waals surface area contributed by atoms with Gasteiger partial charge in [-0.05, 0) is 44.4 Å². The predicted molar refractivity (Wildman–Crippen MR) is 85.1 cm³/mol. The summed E-state index contributed by atoms with van der Waals surface area (Å²) < 4.78 is 15.9. The highest BCUT2D eigenvalue weighted by Gasteiger charge is 2.20. The molecule has 0 aliphatic heterocycles. The van der Waals surface area contributed by atoms with E-state index in [1.807, 2.05) is 29.6 Å². The average molecular weight is 351 g/mol. The molecule has 0 radical (unpaired) electrons. The van der Waals surface area contributed by atoms with Gasteiger partial charge in [0.15, 0.2) is 0 Å². The fourth-order valence-corrected chi connectivity index (χ4v) is 3.66. The van der Waals surface area contributed by atoms with Gasteiger partial charge in [0.25, 0.3) is 0 Å². The summed E-state index contributed by atoms with van der Waals surface area (Å²) in [5, 5.41) is 3.17. The lowest BCUT2D eigenvalue weighted by molar-refractivity contribution is 0.558. The molecule has 2 nitrogen and oxygen atoms in total. The van der Waals surface area contributed by atoms with Crippen LogP contribution in [0.5, 0.6) is 0 Å². The molecule has 0 aliphatic rings. The number of thiophene rings is 1. The first-order valence-corrected chi connectivity index (χ1v) is 7.76. The number of nitrogens with two attached hydrogens (primary N) is 1. The molecule has 0 saturated heterocycles. The van der Waals surface area contributed by atoms with Crippen molar-refractivity contribution in [2.45, 2.75) is 6.04 Å². The lowest BCUT2D eigenvalue weighted by atomic mass is 9.98. The molecule has 0 spiro atoms. The Morgan fingerprint density at radius 2 is 1.85 bits per heavy atom. The maximum atomic E-state index is 14.3. The van der Waals surface area contributed by atoms with E-state index in [0.717, 1.165) is 15.6 Å². The first-order chi connectivity index (χ1) is 9.72. The Morgan fingerprint density at radius 1 is 1.10 bits per heavy atom. The predicted octanol–water partition coefficient (Wildman–Crippen LogP) is 4.36. The molecule has 5 heteroatoms. The zero-order valence-electron chi connectivity index (χ0n) is 10.4. The van der Waals surface area contributed by atoms with Gasteiger partial charge in [-0.25, -0.2) is 9.82 Å². The first kappa shape index (κ1) is 13.7. The molecule has 3 rings (SSSR count). The number of hydrogen-bond donors (Lipinski definition) is 2. The summed E-state index contributed by atoms with van der Waals surface area (Å²) in [6.07, 6.45) is 0. The van der Waals surface area contributed by atoms with Crippen LogP contribution < -0.4 is 11.3 Å². The third-order valence-electron chi connectivity index (χ3n) is 3.28. The number of rotatable bonds is 3. The van der Waals surface area contributed by atoms with E-state index in [1.54, 1.807) is 29.5 Å². The smallest absolute Gasteiger partial charge is 0.142 e. The molecule has 0 fully saturated rings. The van der Waals surface area contributed by atoms with Crippen LogP contribution in [0.15, 0.2) is 52.3 Å². The Balaban J connectivity index is 2.19. The number of hydrogen-bond acceptors (Lipinski definition) is 3. The molecule has 1 heterocycles. The number of benzene rings is 2. The number of hydrazine groups is 1. The molecule has 0 amide bonds. The molecule has 3 aromatic rings. The summed E-state index contributed by atoms with van der Waals surface area (Å²) in [4.78, 5) is 0. The minimum absolute atomic E-state index is 0.288. The van der Waals surface area contributed by atoms with Crippen molar-refractivity contribution in [1.29, 1.82) is 0 Å². The first-order valence-electron chi connectivity index (χ1n) is 6.08. The summed E-state index contributed by atoms with van der Waals surface area (Å²) in [6.45, 7) is 0. The van der Waals surface area contributed by atoms with Gasteiger partial charge in [-0.1, -0.05) is 30.3 Å². The molecular weight excluding hydrogens is 339 g/mol. The monoisotopic (exact) mass is 350 g/mol. The van der Waals surface area contributed by atoms with Gasteiger partial charge in [-0.3, -0.25) is 5.84 Å². The van der Waals surface area contributed by atoms with Crippen LogP contribution in [0.2, 0.25) is 0 Å². The second kappa shape index (κ2) is 5.61. The lowest BCUT2D eigenvalue weighted by Crippen LogP contribution is -2.29. The standard InChI is InChI=1S/C15H12BrFN2S/c16-12-6-2-4-10(13(12)17)14(19-18)11-5-1-3-9-7-8-20-15(9)11/h1-8,14,19H,18H2. The zero-order valence-corrected chi connectivity index (χ0v) is 12.8. The van der Waals surface area contributed by atoms with Crippen LogP contribution in [0.1, 0.15) is 17.2 Å². The van der Waals surface area contributed by atoms with Gasteiger partial charge in [0.1, 0.15) is 5.82 Å². The van der Waals surface area contributed by atoms with E-state index in [2.05, 4.69) is 21.4 Å². The summed E-state index contributed by atoms with van der Waals surface area (Å²) in [7, 11) is 0. The third-order valence-corrected chi connectivity index (χ3v) is 4.87. The summed E-state index contributed by atoms with van der Waals surface area (Å²) in [5.41, 5.74) is 4.24. The number of halogens is 2. The van der Waals surface area contributed by atoms with Gasteiger partial charge in [-0.2, -0.15) is 0 Å². The van der Waals surface area contributed by atoms with Crippen LogP contribution in [-0.2, 0) is 0 Å². The van der Waals surface area contributed by atoms with Gasteiger partial charge in [-0.15, -0.1) is 11.3 Å². The molecule has 1 unspecified atom stereocenters. The molecule has 102 valence electrons. The maximum absolute atomic E-state index is 14.3. The summed E-state index contributed by atoms with van der Waals surface area (Å²) >= 11 is 4.85. The zero-order chi connectivity index (χ0) is 14.1. The Bertz CT molecular complexity index is 756. The molecular formula is C15H12BrFN2S. The van der Waals surface area contributed by atoms with Gasteiger partial charge < -0.3 is 0 Å². The SMILES string of the molecule is NNC(c1cccc(Br)c1F)c1cccc2ccsc12. The van der Waals surface area contributed by atoms with Crippen LogP contribution in [0.4, 0.5) is 4.39 Å². The van der Waals surface area contributed by atoms with E-state index in [0.29, 0.717) is 10.0 Å². The van der Waals surface area contributed by atoms with Crippen LogP contribution in [-0.4, -0.2) is 0 Å². The fourth-order valence-electron chi connectivity index (χ4n) is 2.33. The van der Waals surface area contributed by atoms with E-state index in [-0.39, 0.29) is 11.9 Å².